The van der Waals surface area contributed by atoms with Gasteiger partial charge in [-0.3, -0.25) is 10.1 Å². The molecule has 1 heterocycles. The molecule has 0 fully saturated rings. The molecule has 0 aliphatic heterocycles. The lowest BCUT2D eigenvalue weighted by Gasteiger charge is -2.10. The number of hydrogen-bond donors (Lipinski definition) is 1. The third kappa shape index (κ3) is 3.94. The van der Waals surface area contributed by atoms with Crippen LogP contribution < -0.4 is 19.5 Å². The number of carbonyl (C=O) groups excluding carboxylic acids is 1. The van der Waals surface area contributed by atoms with E-state index in [-0.39, 0.29) is 18.4 Å². The van der Waals surface area contributed by atoms with E-state index < -0.39 is 0 Å². The number of aromatic nitrogens is 1. The van der Waals surface area contributed by atoms with Gasteiger partial charge in [0, 0.05) is 0 Å². The maximum atomic E-state index is 12.1. The number of rotatable bonds is 7. The molecule has 0 radical (unpaired) electrons. The fourth-order valence-electron chi connectivity index (χ4n) is 2.37. The number of amides is 1. The molecule has 1 N–H and O–H groups in total. The van der Waals surface area contributed by atoms with E-state index in [0.717, 1.165) is 5.56 Å². The monoisotopic (exact) mass is 354 g/mol. The topological polar surface area (TPSA) is 82.8 Å². The molecule has 0 bridgehead atoms. The third-order valence-corrected chi connectivity index (χ3v) is 3.63. The number of hydrogen-bond acceptors (Lipinski definition) is 6. The van der Waals surface area contributed by atoms with Crippen molar-refractivity contribution in [3.8, 4) is 28.4 Å². The quantitative estimate of drug-likeness (QED) is 0.700. The second-order valence-corrected chi connectivity index (χ2v) is 5.29. The van der Waals surface area contributed by atoms with Crippen LogP contribution in [-0.4, -0.2) is 31.9 Å². The first-order valence-corrected chi connectivity index (χ1v) is 7.86. The Bertz CT molecular complexity index is 877. The summed E-state index contributed by atoms with van der Waals surface area (Å²) >= 11 is 0. The Hall–Kier alpha value is -3.48. The number of nitrogens with one attached hydrogen (secondary N) is 1. The molecule has 3 aromatic rings. The fourth-order valence-corrected chi connectivity index (χ4v) is 2.37. The van der Waals surface area contributed by atoms with E-state index in [1.165, 1.54) is 6.20 Å². The number of ether oxygens (including phenoxy) is 3. The summed E-state index contributed by atoms with van der Waals surface area (Å²) in [6.45, 7) is -0.143. The molecule has 0 spiro atoms. The normalized spacial score (nSPS) is 10.2. The van der Waals surface area contributed by atoms with Gasteiger partial charge in [-0.05, 0) is 29.8 Å². The van der Waals surface area contributed by atoms with E-state index in [1.54, 1.807) is 38.5 Å². The summed E-state index contributed by atoms with van der Waals surface area (Å²) in [6.07, 6.45) is 1.52. The van der Waals surface area contributed by atoms with Gasteiger partial charge in [0.25, 0.3) is 5.91 Å². The summed E-state index contributed by atoms with van der Waals surface area (Å²) in [5.74, 6) is 1.66. The summed E-state index contributed by atoms with van der Waals surface area (Å²) in [4.78, 5) is 12.1. The molecular weight excluding hydrogens is 336 g/mol. The minimum atomic E-state index is -0.354. The zero-order valence-corrected chi connectivity index (χ0v) is 14.4. The first-order valence-electron chi connectivity index (χ1n) is 7.86. The Morgan fingerprint density at radius 3 is 2.58 bits per heavy atom. The molecule has 0 saturated heterocycles. The van der Waals surface area contributed by atoms with Crippen molar-refractivity contribution in [3.05, 3.63) is 54.7 Å². The van der Waals surface area contributed by atoms with Crippen molar-refractivity contribution in [2.75, 3.05) is 26.1 Å². The molecule has 0 aliphatic rings. The van der Waals surface area contributed by atoms with Crippen LogP contribution in [0.5, 0.6) is 17.2 Å². The minimum Gasteiger partial charge on any atom is -0.493 e. The van der Waals surface area contributed by atoms with Gasteiger partial charge in [-0.25, -0.2) is 0 Å². The molecule has 0 aliphatic carbocycles. The predicted molar refractivity (Wildman–Crippen MR) is 95.6 cm³/mol. The molecule has 0 atom stereocenters. The van der Waals surface area contributed by atoms with Crippen LogP contribution in [0, 0.1) is 0 Å². The number of para-hydroxylation sites is 1. The van der Waals surface area contributed by atoms with Gasteiger partial charge < -0.3 is 18.7 Å². The minimum absolute atomic E-state index is 0.143. The van der Waals surface area contributed by atoms with Crippen LogP contribution in [0.1, 0.15) is 0 Å². The van der Waals surface area contributed by atoms with Crippen molar-refractivity contribution < 1.29 is 23.5 Å². The molecule has 3 rings (SSSR count). The Morgan fingerprint density at radius 2 is 1.85 bits per heavy atom. The summed E-state index contributed by atoms with van der Waals surface area (Å²) in [5.41, 5.74) is 1.39. The van der Waals surface area contributed by atoms with Gasteiger partial charge in [0.1, 0.15) is 5.75 Å². The van der Waals surface area contributed by atoms with Crippen molar-refractivity contribution in [2.45, 2.75) is 0 Å². The Kier molecular flexibility index (Phi) is 5.38. The van der Waals surface area contributed by atoms with Gasteiger partial charge in [0.2, 0.25) is 5.88 Å². The van der Waals surface area contributed by atoms with Gasteiger partial charge in [0.15, 0.2) is 18.1 Å². The third-order valence-electron chi connectivity index (χ3n) is 3.63. The predicted octanol–water partition coefficient (Wildman–Crippen LogP) is 3.38. The fraction of sp³-hybridized carbons (Fsp3) is 0.158. The van der Waals surface area contributed by atoms with Crippen molar-refractivity contribution >= 4 is 11.8 Å². The summed E-state index contributed by atoms with van der Waals surface area (Å²) in [7, 11) is 3.12. The number of benzene rings is 2. The zero-order chi connectivity index (χ0) is 18.4. The Labute approximate surface area is 150 Å². The van der Waals surface area contributed by atoms with Gasteiger partial charge in [-0.2, -0.15) is 0 Å². The molecule has 2 aromatic carbocycles. The van der Waals surface area contributed by atoms with Gasteiger partial charge in [0.05, 0.1) is 26.0 Å². The lowest BCUT2D eigenvalue weighted by Crippen LogP contribution is -2.20. The average Bonchev–Trinajstić information content (AvgIpc) is 3.14. The van der Waals surface area contributed by atoms with Crippen LogP contribution in [-0.2, 0) is 4.79 Å². The first kappa shape index (κ1) is 17.3. The molecule has 7 nitrogen and oxygen atoms in total. The second kappa shape index (κ2) is 8.06. The van der Waals surface area contributed by atoms with Crippen LogP contribution in [0.2, 0.25) is 0 Å². The summed E-state index contributed by atoms with van der Waals surface area (Å²) in [5, 5.41) is 6.43. The van der Waals surface area contributed by atoms with Gasteiger partial charge in [-0.1, -0.05) is 29.4 Å². The van der Waals surface area contributed by atoms with Crippen molar-refractivity contribution in [1.82, 2.24) is 5.16 Å². The highest BCUT2D eigenvalue weighted by atomic mass is 16.5. The molecular formula is C19H18N2O5. The van der Waals surface area contributed by atoms with Crippen molar-refractivity contribution in [3.63, 3.8) is 0 Å². The van der Waals surface area contributed by atoms with Crippen molar-refractivity contribution in [2.24, 2.45) is 0 Å². The smallest absolute Gasteiger partial charge is 0.264 e. The first-order chi connectivity index (χ1) is 12.7. The maximum Gasteiger partial charge on any atom is 0.264 e. The van der Waals surface area contributed by atoms with E-state index in [9.17, 15) is 4.79 Å². The molecule has 1 aromatic heterocycles. The van der Waals surface area contributed by atoms with Gasteiger partial charge >= 0.3 is 0 Å². The SMILES string of the molecule is COc1ccc(-c2cnoc2NC(=O)COc2ccccc2)cc1OC. The van der Waals surface area contributed by atoms with Crippen LogP contribution >= 0.6 is 0 Å². The van der Waals surface area contributed by atoms with E-state index in [1.807, 2.05) is 24.3 Å². The summed E-state index contributed by atoms with van der Waals surface area (Å²) < 4.78 is 21.1. The van der Waals surface area contributed by atoms with E-state index in [4.69, 9.17) is 18.7 Å². The lowest BCUT2D eigenvalue weighted by molar-refractivity contribution is -0.118. The Morgan fingerprint density at radius 1 is 1.08 bits per heavy atom. The van der Waals surface area contributed by atoms with E-state index in [2.05, 4.69) is 10.5 Å². The Balaban J connectivity index is 1.71. The molecule has 0 saturated carbocycles. The number of methoxy groups -OCH3 is 2. The molecule has 26 heavy (non-hydrogen) atoms. The van der Waals surface area contributed by atoms with Crippen LogP contribution in [0.15, 0.2) is 59.3 Å². The zero-order valence-electron chi connectivity index (χ0n) is 14.4. The standard InChI is InChI=1S/C19H18N2O5/c1-23-16-9-8-13(10-17(16)24-2)15-11-20-26-19(15)21-18(22)12-25-14-6-4-3-5-7-14/h3-11H,12H2,1-2H3,(H,21,22). The average molecular weight is 354 g/mol. The van der Waals surface area contributed by atoms with Crippen LogP contribution in [0.4, 0.5) is 5.88 Å². The van der Waals surface area contributed by atoms with Crippen LogP contribution in [0.25, 0.3) is 11.1 Å². The highest BCUT2D eigenvalue weighted by Gasteiger charge is 2.16. The lowest BCUT2D eigenvalue weighted by atomic mass is 10.1. The highest BCUT2D eigenvalue weighted by Crippen LogP contribution is 2.35. The van der Waals surface area contributed by atoms with Gasteiger partial charge in [-0.15, -0.1) is 0 Å². The number of anilines is 1. The van der Waals surface area contributed by atoms with Crippen molar-refractivity contribution in [1.29, 1.82) is 0 Å². The number of carbonyl (C=O) groups is 1. The van der Waals surface area contributed by atoms with E-state index in [0.29, 0.717) is 22.8 Å². The largest absolute Gasteiger partial charge is 0.493 e. The van der Waals surface area contributed by atoms with E-state index >= 15 is 0 Å². The highest BCUT2D eigenvalue weighted by molar-refractivity contribution is 5.94. The molecule has 7 heteroatoms. The summed E-state index contributed by atoms with van der Waals surface area (Å²) in [6, 6.07) is 14.5. The molecule has 1 amide bonds. The number of nitrogens with zero attached hydrogens (tertiary/aromatic N) is 1. The van der Waals surface area contributed by atoms with Crippen LogP contribution in [0.3, 0.4) is 0 Å². The maximum absolute atomic E-state index is 12.1. The molecule has 134 valence electrons. The molecule has 0 unspecified atom stereocenters. The second-order valence-electron chi connectivity index (χ2n) is 5.29.